The molecule has 0 bridgehead atoms. The van der Waals surface area contributed by atoms with Crippen molar-refractivity contribution in [1.29, 1.82) is 0 Å². The number of carbonyl (C=O) groups excluding carboxylic acids is 1. The molecule has 1 aliphatic carbocycles. The Bertz CT molecular complexity index is 978. The monoisotopic (exact) mass is 449 g/mol. The lowest BCUT2D eigenvalue weighted by Gasteiger charge is -2.13. The van der Waals surface area contributed by atoms with Gasteiger partial charge in [0.1, 0.15) is 4.34 Å². The van der Waals surface area contributed by atoms with E-state index in [4.69, 9.17) is 27.9 Å². The minimum Gasteiger partial charge on any atom is -0.393 e. The van der Waals surface area contributed by atoms with Crippen LogP contribution in [0.1, 0.15) is 36.8 Å². The standard InChI is InChI=1S/C21H21Cl2N3O2S/c22-17-7-5-14(6-8-17)9-16-10-19(26(13-16)12-15-3-1-2-4-15)28-21(27)25-20-24-11-18(23)29-20/h5-8,10-11,13,15H,1-4,9,12H2,(H,24,25,27). The quantitative estimate of drug-likeness (QED) is 0.458. The topological polar surface area (TPSA) is 56.1 Å². The summed E-state index contributed by atoms with van der Waals surface area (Å²) in [6.45, 7) is 0.853. The van der Waals surface area contributed by atoms with E-state index in [2.05, 4.69) is 21.1 Å². The van der Waals surface area contributed by atoms with Crippen LogP contribution in [0, 0.1) is 5.92 Å². The molecule has 0 radical (unpaired) electrons. The number of hydrogen-bond donors (Lipinski definition) is 1. The second-order valence-electron chi connectivity index (χ2n) is 7.28. The summed E-state index contributed by atoms with van der Waals surface area (Å²) in [6.07, 6.45) is 8.72. The van der Waals surface area contributed by atoms with Crippen molar-refractivity contribution in [3.8, 4) is 5.88 Å². The van der Waals surface area contributed by atoms with Crippen molar-refractivity contribution in [3.63, 3.8) is 0 Å². The van der Waals surface area contributed by atoms with E-state index in [0.717, 1.165) is 29.1 Å². The summed E-state index contributed by atoms with van der Waals surface area (Å²) in [5.74, 6) is 1.16. The summed E-state index contributed by atoms with van der Waals surface area (Å²) in [5.41, 5.74) is 2.24. The van der Waals surface area contributed by atoms with Crippen LogP contribution in [-0.4, -0.2) is 15.6 Å². The second-order valence-corrected chi connectivity index (χ2v) is 9.38. The van der Waals surface area contributed by atoms with Gasteiger partial charge >= 0.3 is 6.09 Å². The van der Waals surface area contributed by atoms with E-state index in [1.54, 1.807) is 0 Å². The highest BCUT2D eigenvalue weighted by molar-refractivity contribution is 7.19. The van der Waals surface area contributed by atoms with Crippen molar-refractivity contribution in [2.45, 2.75) is 38.6 Å². The van der Waals surface area contributed by atoms with Crippen LogP contribution >= 0.6 is 34.5 Å². The molecule has 0 atom stereocenters. The van der Waals surface area contributed by atoms with Gasteiger partial charge in [-0.25, -0.2) is 9.78 Å². The molecule has 4 rings (SSSR count). The number of nitrogens with one attached hydrogen (secondary N) is 1. The van der Waals surface area contributed by atoms with E-state index in [9.17, 15) is 4.79 Å². The number of ether oxygens (including phenoxy) is 1. The third-order valence-electron chi connectivity index (χ3n) is 5.05. The van der Waals surface area contributed by atoms with E-state index in [0.29, 0.717) is 21.3 Å². The van der Waals surface area contributed by atoms with Gasteiger partial charge in [0.25, 0.3) is 0 Å². The van der Waals surface area contributed by atoms with Crippen LogP contribution in [0.15, 0.2) is 42.7 Å². The molecule has 8 heteroatoms. The van der Waals surface area contributed by atoms with Crippen LogP contribution in [0.4, 0.5) is 9.93 Å². The number of carbonyl (C=O) groups is 1. The maximum absolute atomic E-state index is 12.3. The average Bonchev–Trinajstić information content (AvgIpc) is 3.41. The predicted octanol–water partition coefficient (Wildman–Crippen LogP) is 6.64. The number of aromatic nitrogens is 2. The van der Waals surface area contributed by atoms with Gasteiger partial charge < -0.3 is 9.30 Å². The van der Waals surface area contributed by atoms with Gasteiger partial charge in [-0.05, 0) is 48.4 Å². The molecule has 0 aliphatic heterocycles. The zero-order valence-corrected chi connectivity index (χ0v) is 18.1. The van der Waals surface area contributed by atoms with Crippen molar-refractivity contribution in [2.75, 3.05) is 5.32 Å². The zero-order chi connectivity index (χ0) is 20.2. The molecule has 29 heavy (non-hydrogen) atoms. The van der Waals surface area contributed by atoms with Crippen molar-refractivity contribution >= 4 is 45.8 Å². The zero-order valence-electron chi connectivity index (χ0n) is 15.7. The lowest BCUT2D eigenvalue weighted by Crippen LogP contribution is -2.19. The largest absolute Gasteiger partial charge is 0.420 e. The number of rotatable bonds is 6. The molecule has 2 aromatic heterocycles. The number of halogens is 2. The van der Waals surface area contributed by atoms with Crippen LogP contribution in [-0.2, 0) is 13.0 Å². The highest BCUT2D eigenvalue weighted by atomic mass is 35.5. The Balaban J connectivity index is 1.50. The van der Waals surface area contributed by atoms with Gasteiger partial charge in [0.2, 0.25) is 5.88 Å². The third kappa shape index (κ3) is 5.53. The lowest BCUT2D eigenvalue weighted by molar-refractivity contribution is 0.210. The van der Waals surface area contributed by atoms with Gasteiger partial charge in [0.05, 0.1) is 6.20 Å². The molecule has 1 amide bonds. The van der Waals surface area contributed by atoms with Crippen LogP contribution in [0.5, 0.6) is 5.88 Å². The first-order valence-corrected chi connectivity index (χ1v) is 11.2. The SMILES string of the molecule is O=C(Nc1ncc(Cl)s1)Oc1cc(Cc2ccc(Cl)cc2)cn1CC1CCCC1. The smallest absolute Gasteiger partial charge is 0.393 e. The first-order valence-electron chi connectivity index (χ1n) is 9.59. The molecule has 5 nitrogen and oxygen atoms in total. The Labute approximate surface area is 183 Å². The molecule has 1 aromatic carbocycles. The van der Waals surface area contributed by atoms with Crippen LogP contribution in [0.25, 0.3) is 0 Å². The number of anilines is 1. The Hall–Kier alpha value is -2.02. The molecular formula is C21H21Cl2N3O2S. The second kappa shape index (κ2) is 9.20. The maximum Gasteiger partial charge on any atom is 0.420 e. The normalized spacial score (nSPS) is 14.3. The molecular weight excluding hydrogens is 429 g/mol. The van der Waals surface area contributed by atoms with E-state index in [-0.39, 0.29) is 0 Å². The summed E-state index contributed by atoms with van der Waals surface area (Å²) in [4.78, 5) is 16.4. The summed E-state index contributed by atoms with van der Waals surface area (Å²) in [6, 6.07) is 9.72. The predicted molar refractivity (Wildman–Crippen MR) is 117 cm³/mol. The van der Waals surface area contributed by atoms with Gasteiger partial charge in [-0.3, -0.25) is 5.32 Å². The minimum atomic E-state index is -0.570. The molecule has 0 unspecified atom stereocenters. The van der Waals surface area contributed by atoms with E-state index in [1.165, 1.54) is 43.2 Å². The highest BCUT2D eigenvalue weighted by Crippen LogP contribution is 2.30. The average molecular weight is 450 g/mol. The molecule has 2 heterocycles. The Morgan fingerprint density at radius 2 is 1.97 bits per heavy atom. The van der Waals surface area contributed by atoms with E-state index < -0.39 is 6.09 Å². The number of nitrogens with zero attached hydrogens (tertiary/aromatic N) is 2. The van der Waals surface area contributed by atoms with Gasteiger partial charge in [0.15, 0.2) is 5.13 Å². The molecule has 0 saturated heterocycles. The molecule has 1 N–H and O–H groups in total. The fourth-order valence-corrected chi connectivity index (χ4v) is 4.62. The van der Waals surface area contributed by atoms with Gasteiger partial charge in [0, 0.05) is 23.8 Å². The molecule has 3 aromatic rings. The van der Waals surface area contributed by atoms with Crippen LogP contribution < -0.4 is 10.1 Å². The fraction of sp³-hybridized carbons (Fsp3) is 0.333. The first kappa shape index (κ1) is 20.3. The number of thiazole rings is 1. The van der Waals surface area contributed by atoms with Crippen LogP contribution in [0.2, 0.25) is 9.36 Å². The fourth-order valence-electron chi connectivity index (χ4n) is 3.70. The van der Waals surface area contributed by atoms with Crippen molar-refractivity contribution in [3.05, 3.63) is 63.2 Å². The molecule has 1 fully saturated rings. The lowest BCUT2D eigenvalue weighted by atomic mass is 10.1. The summed E-state index contributed by atoms with van der Waals surface area (Å²) >= 11 is 13.0. The Morgan fingerprint density at radius 3 is 2.66 bits per heavy atom. The summed E-state index contributed by atoms with van der Waals surface area (Å²) < 4.78 is 8.18. The number of hydrogen-bond acceptors (Lipinski definition) is 4. The third-order valence-corrected chi connectivity index (χ3v) is 6.33. The highest BCUT2D eigenvalue weighted by Gasteiger charge is 2.19. The molecule has 0 spiro atoms. The van der Waals surface area contributed by atoms with Crippen LogP contribution in [0.3, 0.4) is 0 Å². The maximum atomic E-state index is 12.3. The number of amides is 1. The summed E-state index contributed by atoms with van der Waals surface area (Å²) in [5, 5.41) is 3.76. The van der Waals surface area contributed by atoms with Gasteiger partial charge in [-0.1, -0.05) is 59.5 Å². The van der Waals surface area contributed by atoms with Crippen molar-refractivity contribution < 1.29 is 9.53 Å². The summed E-state index contributed by atoms with van der Waals surface area (Å²) in [7, 11) is 0. The molecule has 1 saturated carbocycles. The number of benzene rings is 1. The Kier molecular flexibility index (Phi) is 6.43. The molecule has 1 aliphatic rings. The minimum absolute atomic E-state index is 0.412. The van der Waals surface area contributed by atoms with E-state index >= 15 is 0 Å². The van der Waals surface area contributed by atoms with Crippen molar-refractivity contribution in [2.24, 2.45) is 5.92 Å². The molecule has 152 valence electrons. The van der Waals surface area contributed by atoms with E-state index in [1.807, 2.05) is 30.3 Å². The van der Waals surface area contributed by atoms with Crippen molar-refractivity contribution in [1.82, 2.24) is 9.55 Å². The van der Waals surface area contributed by atoms with Gasteiger partial charge in [-0.2, -0.15) is 0 Å². The van der Waals surface area contributed by atoms with Gasteiger partial charge in [-0.15, -0.1) is 0 Å². The first-order chi connectivity index (χ1) is 14.0. The Morgan fingerprint density at radius 1 is 1.21 bits per heavy atom.